The molecule has 1 amide bonds. The summed E-state index contributed by atoms with van der Waals surface area (Å²) in [6.45, 7) is 6.01. The van der Waals surface area contributed by atoms with Crippen LogP contribution in [0.15, 0.2) is 36.8 Å². The molecule has 1 aliphatic carbocycles. The number of rotatable bonds is 8. The van der Waals surface area contributed by atoms with Crippen molar-refractivity contribution in [3.05, 3.63) is 75.8 Å². The zero-order chi connectivity index (χ0) is 25.6. The molecule has 1 atom stereocenters. The average molecular weight is 512 g/mol. The molecule has 9 heteroatoms. The highest BCUT2D eigenvalue weighted by Crippen LogP contribution is 2.55. The molecule has 5 rings (SSSR count). The van der Waals surface area contributed by atoms with Gasteiger partial charge in [-0.25, -0.2) is 9.37 Å². The van der Waals surface area contributed by atoms with Crippen molar-refractivity contribution in [3.63, 3.8) is 0 Å². The van der Waals surface area contributed by atoms with Gasteiger partial charge in [-0.2, -0.15) is 0 Å². The van der Waals surface area contributed by atoms with Crippen molar-refractivity contribution in [2.75, 3.05) is 27.2 Å². The molecular weight excluding hydrogens is 481 g/mol. The van der Waals surface area contributed by atoms with Gasteiger partial charge in [0.25, 0.3) is 5.91 Å². The van der Waals surface area contributed by atoms with Gasteiger partial charge in [0.15, 0.2) is 11.6 Å². The number of halogens is 2. The van der Waals surface area contributed by atoms with E-state index < -0.39 is 5.82 Å². The van der Waals surface area contributed by atoms with Crippen molar-refractivity contribution in [1.82, 2.24) is 24.3 Å². The average Bonchev–Trinajstić information content (AvgIpc) is 3.49. The maximum atomic E-state index is 14.2. The van der Waals surface area contributed by atoms with Gasteiger partial charge in [-0.15, -0.1) is 0 Å². The van der Waals surface area contributed by atoms with Gasteiger partial charge in [-0.1, -0.05) is 6.07 Å². The van der Waals surface area contributed by atoms with E-state index in [2.05, 4.69) is 20.9 Å². The van der Waals surface area contributed by atoms with Crippen LogP contribution >= 0.6 is 11.6 Å². The Bertz CT molecular complexity index is 1300. The van der Waals surface area contributed by atoms with Crippen molar-refractivity contribution in [2.45, 2.75) is 51.2 Å². The van der Waals surface area contributed by atoms with E-state index in [9.17, 15) is 9.18 Å². The van der Waals surface area contributed by atoms with Gasteiger partial charge >= 0.3 is 0 Å². The van der Waals surface area contributed by atoms with E-state index in [0.29, 0.717) is 30.7 Å². The van der Waals surface area contributed by atoms with E-state index in [0.717, 1.165) is 30.5 Å². The Hall–Kier alpha value is -2.97. The maximum absolute atomic E-state index is 14.2. The Balaban J connectivity index is 1.56. The second-order valence-electron chi connectivity index (χ2n) is 10.1. The van der Waals surface area contributed by atoms with Crippen LogP contribution in [0, 0.1) is 5.82 Å². The Morgan fingerprint density at radius 3 is 2.67 bits per heavy atom. The summed E-state index contributed by atoms with van der Waals surface area (Å²) in [6, 6.07) is 5.50. The molecule has 2 aliphatic rings. The van der Waals surface area contributed by atoms with Gasteiger partial charge in [0.2, 0.25) is 5.28 Å². The first-order valence-electron chi connectivity index (χ1n) is 12.3. The fourth-order valence-corrected chi connectivity index (χ4v) is 5.51. The molecule has 0 saturated heterocycles. The van der Waals surface area contributed by atoms with Crippen LogP contribution in [0.4, 0.5) is 4.39 Å². The number of aromatic nitrogens is 3. The summed E-state index contributed by atoms with van der Waals surface area (Å²) in [5, 5.41) is 0.412. The first kappa shape index (κ1) is 24.7. The molecule has 0 N–H and O–H groups in total. The van der Waals surface area contributed by atoms with Crippen LogP contribution in [0.5, 0.6) is 5.75 Å². The number of hydrogen-bond acceptors (Lipinski definition) is 5. The second-order valence-corrected chi connectivity index (χ2v) is 10.4. The van der Waals surface area contributed by atoms with Crippen LogP contribution < -0.4 is 4.74 Å². The van der Waals surface area contributed by atoms with Gasteiger partial charge < -0.3 is 19.1 Å². The van der Waals surface area contributed by atoms with Crippen LogP contribution in [-0.2, 0) is 18.5 Å². The highest BCUT2D eigenvalue weighted by atomic mass is 35.5. The number of hydrogen-bond donors (Lipinski definition) is 0. The molecular formula is C27H31ClFN5O2. The molecule has 1 fully saturated rings. The van der Waals surface area contributed by atoms with Crippen LogP contribution in [0.3, 0.4) is 0 Å². The Kier molecular flexibility index (Phi) is 6.51. The fraction of sp³-hybridized carbons (Fsp3) is 0.444. The number of fused-ring (bicyclic) bond motifs is 2. The van der Waals surface area contributed by atoms with Crippen molar-refractivity contribution >= 4 is 17.5 Å². The van der Waals surface area contributed by atoms with Crippen molar-refractivity contribution in [1.29, 1.82) is 0 Å². The predicted octanol–water partition coefficient (Wildman–Crippen LogP) is 4.83. The summed E-state index contributed by atoms with van der Waals surface area (Å²) in [5.74, 6) is -0.372. The third-order valence-corrected chi connectivity index (χ3v) is 7.48. The standard InChI is InChI=1S/C27H31ClFN5O2/c1-5-36-23-12-22(31-13-21(23)29)17(2)34-16-27(6-7-27)24-19(15-32(3)4)10-18(11-20(24)25(34)35)14-33-9-8-30-26(33)28/h8-13,17H,5-7,14-16H2,1-4H3. The molecule has 0 radical (unpaired) electrons. The summed E-state index contributed by atoms with van der Waals surface area (Å²) in [4.78, 5) is 26.5. The van der Waals surface area contributed by atoms with Gasteiger partial charge in [-0.05, 0) is 75.1 Å². The number of carbonyl (C=O) groups excluding carboxylic acids is 1. The lowest BCUT2D eigenvalue weighted by Gasteiger charge is -2.40. The highest BCUT2D eigenvalue weighted by molar-refractivity contribution is 6.28. The Labute approximate surface area is 215 Å². The van der Waals surface area contributed by atoms with Crippen molar-refractivity contribution in [3.8, 4) is 5.75 Å². The molecule has 1 spiro atoms. The largest absolute Gasteiger partial charge is 0.491 e. The normalized spacial score (nSPS) is 17.0. The first-order valence-corrected chi connectivity index (χ1v) is 12.7. The molecule has 36 heavy (non-hydrogen) atoms. The van der Waals surface area contributed by atoms with Gasteiger partial charge in [0.05, 0.1) is 24.5 Å². The summed E-state index contributed by atoms with van der Waals surface area (Å²) >= 11 is 6.24. The van der Waals surface area contributed by atoms with Gasteiger partial charge in [0.1, 0.15) is 0 Å². The van der Waals surface area contributed by atoms with E-state index in [4.69, 9.17) is 16.3 Å². The smallest absolute Gasteiger partial charge is 0.254 e. The highest BCUT2D eigenvalue weighted by Gasteiger charge is 2.53. The number of benzene rings is 1. The monoisotopic (exact) mass is 511 g/mol. The Morgan fingerprint density at radius 1 is 1.25 bits per heavy atom. The van der Waals surface area contributed by atoms with E-state index >= 15 is 0 Å². The third-order valence-electron chi connectivity index (χ3n) is 7.17. The minimum Gasteiger partial charge on any atom is -0.491 e. The molecule has 0 bridgehead atoms. The number of pyridine rings is 1. The van der Waals surface area contributed by atoms with Crippen LogP contribution in [0.2, 0.25) is 5.28 Å². The minimum atomic E-state index is -0.502. The van der Waals surface area contributed by atoms with Crippen molar-refractivity contribution in [2.24, 2.45) is 0 Å². The number of ether oxygens (including phenoxy) is 1. The van der Waals surface area contributed by atoms with Gasteiger partial charge in [0, 0.05) is 49.1 Å². The minimum absolute atomic E-state index is 0.0299. The lowest BCUT2D eigenvalue weighted by atomic mass is 9.81. The van der Waals surface area contributed by atoms with E-state index in [1.807, 2.05) is 49.7 Å². The van der Waals surface area contributed by atoms with E-state index in [1.165, 1.54) is 17.3 Å². The summed E-state index contributed by atoms with van der Waals surface area (Å²) in [5.41, 5.74) is 4.65. The van der Waals surface area contributed by atoms with Crippen LogP contribution in [0.1, 0.15) is 65.5 Å². The fourth-order valence-electron chi connectivity index (χ4n) is 5.34. The third kappa shape index (κ3) is 4.48. The zero-order valence-corrected chi connectivity index (χ0v) is 21.8. The Morgan fingerprint density at radius 2 is 2.03 bits per heavy atom. The van der Waals surface area contributed by atoms with Crippen molar-refractivity contribution < 1.29 is 13.9 Å². The lowest BCUT2D eigenvalue weighted by Crippen LogP contribution is -2.45. The van der Waals surface area contributed by atoms with Crippen LogP contribution in [0.25, 0.3) is 0 Å². The molecule has 2 aromatic heterocycles. The van der Waals surface area contributed by atoms with Crippen LogP contribution in [-0.4, -0.2) is 57.5 Å². The summed E-state index contributed by atoms with van der Waals surface area (Å²) in [6.07, 6.45) is 6.74. The second kappa shape index (κ2) is 9.48. The summed E-state index contributed by atoms with van der Waals surface area (Å²) in [7, 11) is 4.08. The number of amides is 1. The molecule has 1 unspecified atom stereocenters. The molecule has 1 aromatic carbocycles. The molecule has 7 nitrogen and oxygen atoms in total. The van der Waals surface area contributed by atoms with E-state index in [1.54, 1.807) is 12.3 Å². The number of carbonyl (C=O) groups is 1. The molecule has 190 valence electrons. The SMILES string of the molecule is CCOc1cc(C(C)N2CC3(CC3)c3c(CN(C)C)cc(Cn4ccnc4Cl)cc3C2=O)ncc1F. The van der Waals surface area contributed by atoms with E-state index in [-0.39, 0.29) is 23.1 Å². The molecule has 3 heterocycles. The molecule has 1 aliphatic heterocycles. The zero-order valence-electron chi connectivity index (χ0n) is 21.1. The summed E-state index contributed by atoms with van der Waals surface area (Å²) < 4.78 is 21.5. The molecule has 3 aromatic rings. The number of nitrogens with zero attached hydrogens (tertiary/aromatic N) is 5. The quantitative estimate of drug-likeness (QED) is 0.433. The maximum Gasteiger partial charge on any atom is 0.254 e. The first-order chi connectivity index (χ1) is 17.2. The predicted molar refractivity (Wildman–Crippen MR) is 136 cm³/mol. The topological polar surface area (TPSA) is 63.5 Å². The molecule has 1 saturated carbocycles. The number of imidazole rings is 1. The van der Waals surface area contributed by atoms with Gasteiger partial charge in [-0.3, -0.25) is 9.78 Å². The lowest BCUT2D eigenvalue weighted by molar-refractivity contribution is 0.0633.